The van der Waals surface area contributed by atoms with Gasteiger partial charge in [0.1, 0.15) is 5.76 Å². The lowest BCUT2D eigenvalue weighted by atomic mass is 10.1. The van der Waals surface area contributed by atoms with E-state index < -0.39 is 0 Å². The molecule has 0 bridgehead atoms. The first kappa shape index (κ1) is 14.0. The number of rotatable bonds is 2. The Morgan fingerprint density at radius 3 is 2.76 bits per heavy atom. The minimum absolute atomic E-state index is 0.640. The van der Waals surface area contributed by atoms with Crippen molar-refractivity contribution in [3.63, 3.8) is 0 Å². The minimum Gasteiger partial charge on any atom is -0.463 e. The highest BCUT2D eigenvalue weighted by Gasteiger charge is 2.14. The number of nitrogens with zero attached hydrogens (tertiary/aromatic N) is 2. The molecule has 0 saturated carbocycles. The van der Waals surface area contributed by atoms with Crippen LogP contribution in [0.4, 0.5) is 0 Å². The summed E-state index contributed by atoms with van der Waals surface area (Å²) in [6.07, 6.45) is 3.26. The number of amidine groups is 1. The van der Waals surface area contributed by atoms with Crippen molar-refractivity contribution >= 4 is 40.4 Å². The molecule has 6 heteroatoms. The lowest BCUT2D eigenvalue weighted by molar-refractivity contribution is 0.560. The average molecular weight is 318 g/mol. The molecule has 0 atom stereocenters. The minimum atomic E-state index is 0.640. The molecular weight excluding hydrogens is 306 g/mol. The maximum Gasteiger partial charge on any atom is 0.211 e. The molecule has 2 aromatic rings. The van der Waals surface area contributed by atoms with Gasteiger partial charge in [0.15, 0.2) is 0 Å². The van der Waals surface area contributed by atoms with Gasteiger partial charge in [-0.2, -0.15) is 0 Å². The van der Waals surface area contributed by atoms with E-state index in [4.69, 9.17) is 16.0 Å². The predicted octanol–water partition coefficient (Wildman–Crippen LogP) is 4.35. The molecular formula is C15H12ClN3OS. The molecule has 0 amide bonds. The van der Waals surface area contributed by atoms with Gasteiger partial charge in [-0.1, -0.05) is 35.5 Å². The average Bonchev–Trinajstić information content (AvgIpc) is 3.00. The molecule has 0 radical (unpaired) electrons. The highest BCUT2D eigenvalue weighted by atomic mass is 35.5. The van der Waals surface area contributed by atoms with Crippen LogP contribution in [0, 0.1) is 0 Å². The van der Waals surface area contributed by atoms with Gasteiger partial charge in [-0.15, -0.1) is 5.10 Å². The molecule has 0 unspecified atom stereocenters. The number of halogens is 1. The second-order valence-electron chi connectivity index (χ2n) is 4.32. The number of hydrogen-bond donors (Lipinski definition) is 1. The van der Waals surface area contributed by atoms with Crippen LogP contribution in [0.3, 0.4) is 0 Å². The fraction of sp³-hybridized carbons (Fsp3) is 0.0667. The zero-order chi connectivity index (χ0) is 14.7. The van der Waals surface area contributed by atoms with Crippen molar-refractivity contribution in [2.45, 2.75) is 6.92 Å². The van der Waals surface area contributed by atoms with Crippen LogP contribution in [0.2, 0.25) is 5.02 Å². The van der Waals surface area contributed by atoms with Crippen molar-refractivity contribution in [1.82, 2.24) is 5.43 Å². The molecule has 0 spiro atoms. The van der Waals surface area contributed by atoms with Gasteiger partial charge in [-0.05, 0) is 31.2 Å². The molecule has 1 N–H and O–H groups in total. The Hall–Kier alpha value is -1.98. The predicted molar refractivity (Wildman–Crippen MR) is 88.5 cm³/mol. The summed E-state index contributed by atoms with van der Waals surface area (Å²) in [6.45, 7) is 2.03. The fourth-order valence-electron chi connectivity index (χ4n) is 1.82. The second-order valence-corrected chi connectivity index (χ2v) is 5.94. The van der Waals surface area contributed by atoms with Gasteiger partial charge in [0.25, 0.3) is 0 Å². The Balaban J connectivity index is 1.74. The van der Waals surface area contributed by atoms with Crippen LogP contribution in [0.1, 0.15) is 18.2 Å². The van der Waals surface area contributed by atoms with Gasteiger partial charge in [0.05, 0.1) is 18.2 Å². The standard InChI is InChI=1S/C15H12ClN3OS/c1-10-14(11-4-6-12(16)7-5-11)18-19-15(21-10)17-9-13-3-2-8-20-13/h2-9,18H,1H3/b17-9-. The van der Waals surface area contributed by atoms with Crippen LogP contribution in [0.25, 0.3) is 5.70 Å². The van der Waals surface area contributed by atoms with Crippen LogP contribution in [-0.4, -0.2) is 11.4 Å². The topological polar surface area (TPSA) is 49.9 Å². The van der Waals surface area contributed by atoms with E-state index in [1.807, 2.05) is 43.3 Å². The molecule has 3 rings (SSSR count). The van der Waals surface area contributed by atoms with E-state index in [1.165, 1.54) is 11.8 Å². The van der Waals surface area contributed by atoms with Crippen molar-refractivity contribution in [2.24, 2.45) is 10.1 Å². The van der Waals surface area contributed by atoms with Gasteiger partial charge in [0, 0.05) is 15.5 Å². The zero-order valence-electron chi connectivity index (χ0n) is 11.2. The Kier molecular flexibility index (Phi) is 4.13. The Morgan fingerprint density at radius 2 is 2.10 bits per heavy atom. The molecule has 21 heavy (non-hydrogen) atoms. The molecule has 0 aliphatic carbocycles. The first-order valence-electron chi connectivity index (χ1n) is 6.28. The van der Waals surface area contributed by atoms with Crippen molar-refractivity contribution < 1.29 is 4.42 Å². The third-order valence-electron chi connectivity index (χ3n) is 2.84. The summed E-state index contributed by atoms with van der Waals surface area (Å²) >= 11 is 7.41. The maximum atomic E-state index is 5.90. The van der Waals surface area contributed by atoms with E-state index >= 15 is 0 Å². The molecule has 106 valence electrons. The number of hydrogen-bond acceptors (Lipinski definition) is 5. The number of aliphatic imine (C=N–C) groups is 1. The van der Waals surface area contributed by atoms with Gasteiger partial charge in [-0.3, -0.25) is 5.43 Å². The van der Waals surface area contributed by atoms with E-state index in [9.17, 15) is 0 Å². The summed E-state index contributed by atoms with van der Waals surface area (Å²) in [7, 11) is 0. The van der Waals surface area contributed by atoms with Crippen molar-refractivity contribution in [1.29, 1.82) is 0 Å². The number of allylic oxidation sites excluding steroid dienone is 1. The monoisotopic (exact) mass is 317 g/mol. The molecule has 0 saturated heterocycles. The number of furan rings is 1. The Bertz CT molecular complexity index is 718. The normalized spacial score (nSPS) is 15.2. The molecule has 1 aromatic carbocycles. The van der Waals surface area contributed by atoms with Crippen molar-refractivity contribution in [3.8, 4) is 0 Å². The Labute approximate surface area is 131 Å². The van der Waals surface area contributed by atoms with E-state index in [0.29, 0.717) is 16.0 Å². The summed E-state index contributed by atoms with van der Waals surface area (Å²) in [5.74, 6) is 0.698. The summed E-state index contributed by atoms with van der Waals surface area (Å²) in [5.41, 5.74) is 5.05. The highest BCUT2D eigenvalue weighted by molar-refractivity contribution is 8.17. The molecule has 1 aliphatic heterocycles. The number of thioether (sulfide) groups is 1. The van der Waals surface area contributed by atoms with Crippen LogP contribution in [0.15, 0.2) is 62.1 Å². The van der Waals surface area contributed by atoms with Gasteiger partial charge in [0.2, 0.25) is 5.17 Å². The second kappa shape index (κ2) is 6.20. The number of benzene rings is 1. The van der Waals surface area contributed by atoms with E-state index in [0.717, 1.165) is 16.2 Å². The van der Waals surface area contributed by atoms with E-state index in [1.54, 1.807) is 12.5 Å². The van der Waals surface area contributed by atoms with Crippen LogP contribution >= 0.6 is 23.4 Å². The van der Waals surface area contributed by atoms with Crippen molar-refractivity contribution in [3.05, 3.63) is 63.9 Å². The van der Waals surface area contributed by atoms with Crippen molar-refractivity contribution in [2.75, 3.05) is 0 Å². The lowest BCUT2D eigenvalue weighted by Crippen LogP contribution is -2.13. The van der Waals surface area contributed by atoms with Crippen LogP contribution in [-0.2, 0) is 0 Å². The van der Waals surface area contributed by atoms with Crippen LogP contribution < -0.4 is 5.43 Å². The van der Waals surface area contributed by atoms with Gasteiger partial charge >= 0.3 is 0 Å². The molecule has 2 heterocycles. The molecule has 1 aromatic heterocycles. The molecule has 0 fully saturated rings. The van der Waals surface area contributed by atoms with Gasteiger partial charge in [-0.25, -0.2) is 4.99 Å². The highest BCUT2D eigenvalue weighted by Crippen LogP contribution is 2.30. The van der Waals surface area contributed by atoms with E-state index in [2.05, 4.69) is 15.5 Å². The third-order valence-corrected chi connectivity index (χ3v) is 3.98. The Morgan fingerprint density at radius 1 is 1.29 bits per heavy atom. The zero-order valence-corrected chi connectivity index (χ0v) is 12.8. The molecule has 4 nitrogen and oxygen atoms in total. The fourth-order valence-corrected chi connectivity index (χ4v) is 2.68. The SMILES string of the molecule is CC1=C(c2ccc(Cl)cc2)NN=C(/N=C\c2ccco2)S1. The summed E-state index contributed by atoms with van der Waals surface area (Å²) in [6, 6.07) is 11.3. The summed E-state index contributed by atoms with van der Waals surface area (Å²) in [5, 5.41) is 5.61. The first-order chi connectivity index (χ1) is 10.2. The number of hydrazone groups is 1. The first-order valence-corrected chi connectivity index (χ1v) is 7.48. The number of nitrogens with one attached hydrogen (secondary N) is 1. The lowest BCUT2D eigenvalue weighted by Gasteiger charge is -2.16. The summed E-state index contributed by atoms with van der Waals surface area (Å²) in [4.78, 5) is 5.39. The quantitative estimate of drug-likeness (QED) is 0.838. The maximum absolute atomic E-state index is 5.90. The van der Waals surface area contributed by atoms with Gasteiger partial charge < -0.3 is 4.42 Å². The smallest absolute Gasteiger partial charge is 0.211 e. The third kappa shape index (κ3) is 3.37. The summed E-state index contributed by atoms with van der Waals surface area (Å²) < 4.78 is 5.19. The van der Waals surface area contributed by atoms with Crippen LogP contribution in [0.5, 0.6) is 0 Å². The molecule has 1 aliphatic rings. The van der Waals surface area contributed by atoms with E-state index in [-0.39, 0.29) is 0 Å². The largest absolute Gasteiger partial charge is 0.463 e.